The fourth-order valence-electron chi connectivity index (χ4n) is 3.70. The van der Waals surface area contributed by atoms with Gasteiger partial charge in [-0.2, -0.15) is 0 Å². The van der Waals surface area contributed by atoms with E-state index in [-0.39, 0.29) is 6.10 Å². The van der Waals surface area contributed by atoms with Crippen LogP contribution in [-0.4, -0.2) is 19.3 Å². The van der Waals surface area contributed by atoms with Crippen molar-refractivity contribution in [3.8, 4) is 11.5 Å². The SMILES string of the molecule is COc1cc2c(cc1CN[C@@H](C)C1CCCC1)OC(C)C2. The first-order valence-electron chi connectivity index (χ1n) is 8.27. The highest BCUT2D eigenvalue weighted by Gasteiger charge is 2.23. The van der Waals surface area contributed by atoms with Crippen LogP contribution in [0, 0.1) is 5.92 Å². The molecule has 1 fully saturated rings. The minimum absolute atomic E-state index is 0.283. The van der Waals surface area contributed by atoms with Gasteiger partial charge in [0.2, 0.25) is 0 Å². The Kier molecular flexibility index (Phi) is 4.39. The molecule has 1 aliphatic carbocycles. The van der Waals surface area contributed by atoms with Gasteiger partial charge >= 0.3 is 0 Å². The Balaban J connectivity index is 1.68. The Morgan fingerprint density at radius 2 is 2.10 bits per heavy atom. The van der Waals surface area contributed by atoms with Crippen LogP contribution in [0.5, 0.6) is 11.5 Å². The molecule has 116 valence electrons. The predicted molar refractivity (Wildman–Crippen MR) is 85.0 cm³/mol. The van der Waals surface area contributed by atoms with E-state index in [4.69, 9.17) is 9.47 Å². The van der Waals surface area contributed by atoms with Gasteiger partial charge in [-0.15, -0.1) is 0 Å². The van der Waals surface area contributed by atoms with Crippen LogP contribution in [0.3, 0.4) is 0 Å². The van der Waals surface area contributed by atoms with Crippen molar-refractivity contribution in [3.05, 3.63) is 23.3 Å². The summed E-state index contributed by atoms with van der Waals surface area (Å²) in [6.45, 7) is 5.28. The van der Waals surface area contributed by atoms with E-state index in [9.17, 15) is 0 Å². The largest absolute Gasteiger partial charge is 0.496 e. The number of nitrogens with one attached hydrogen (secondary N) is 1. The molecule has 1 N–H and O–H groups in total. The monoisotopic (exact) mass is 289 g/mol. The lowest BCUT2D eigenvalue weighted by Crippen LogP contribution is -2.31. The Morgan fingerprint density at radius 3 is 2.81 bits per heavy atom. The van der Waals surface area contributed by atoms with Crippen molar-refractivity contribution >= 4 is 0 Å². The lowest BCUT2D eigenvalue weighted by atomic mass is 9.99. The summed E-state index contributed by atoms with van der Waals surface area (Å²) in [6.07, 6.45) is 6.80. The molecule has 21 heavy (non-hydrogen) atoms. The molecule has 2 atom stereocenters. The highest BCUT2D eigenvalue weighted by atomic mass is 16.5. The van der Waals surface area contributed by atoms with Crippen LogP contribution in [0.1, 0.15) is 50.7 Å². The Bertz CT molecular complexity index is 494. The van der Waals surface area contributed by atoms with Gasteiger partial charge in [0.05, 0.1) is 7.11 Å². The zero-order valence-corrected chi connectivity index (χ0v) is 13.4. The molecule has 0 amide bonds. The minimum Gasteiger partial charge on any atom is -0.496 e. The Labute approximate surface area is 128 Å². The van der Waals surface area contributed by atoms with E-state index in [2.05, 4.69) is 31.3 Å². The summed E-state index contributed by atoms with van der Waals surface area (Å²) in [5.41, 5.74) is 2.47. The summed E-state index contributed by atoms with van der Waals surface area (Å²) >= 11 is 0. The van der Waals surface area contributed by atoms with Gasteiger partial charge < -0.3 is 14.8 Å². The van der Waals surface area contributed by atoms with Crippen LogP contribution in [0.4, 0.5) is 0 Å². The first kappa shape index (κ1) is 14.7. The number of rotatable bonds is 5. The summed E-state index contributed by atoms with van der Waals surface area (Å²) < 4.78 is 11.4. The van der Waals surface area contributed by atoms with Crippen molar-refractivity contribution in [1.82, 2.24) is 5.32 Å². The first-order chi connectivity index (χ1) is 10.2. The second-order valence-corrected chi connectivity index (χ2v) is 6.62. The lowest BCUT2D eigenvalue weighted by molar-refractivity contribution is 0.254. The van der Waals surface area contributed by atoms with Gasteiger partial charge in [-0.25, -0.2) is 0 Å². The first-order valence-corrected chi connectivity index (χ1v) is 8.27. The maximum atomic E-state index is 5.87. The van der Waals surface area contributed by atoms with Gasteiger partial charge in [-0.1, -0.05) is 12.8 Å². The molecule has 1 heterocycles. The normalized spacial score (nSPS) is 22.9. The topological polar surface area (TPSA) is 30.5 Å². The zero-order chi connectivity index (χ0) is 14.8. The number of hydrogen-bond acceptors (Lipinski definition) is 3. The second-order valence-electron chi connectivity index (χ2n) is 6.62. The molecule has 0 spiro atoms. The van der Waals surface area contributed by atoms with E-state index < -0.39 is 0 Å². The van der Waals surface area contributed by atoms with Crippen LogP contribution in [0.25, 0.3) is 0 Å². The van der Waals surface area contributed by atoms with Crippen molar-refractivity contribution in [2.24, 2.45) is 5.92 Å². The average Bonchev–Trinajstić information content (AvgIpc) is 3.11. The summed E-state index contributed by atoms with van der Waals surface area (Å²) in [7, 11) is 1.75. The van der Waals surface area contributed by atoms with Crippen LogP contribution < -0.4 is 14.8 Å². The second kappa shape index (κ2) is 6.27. The molecule has 1 unspecified atom stereocenters. The fraction of sp³-hybridized carbons (Fsp3) is 0.667. The van der Waals surface area contributed by atoms with Gasteiger partial charge in [-0.3, -0.25) is 0 Å². The molecule has 1 aromatic carbocycles. The molecule has 0 bridgehead atoms. The summed E-state index contributed by atoms with van der Waals surface area (Å²) in [5, 5.41) is 3.68. The van der Waals surface area contributed by atoms with Crippen molar-refractivity contribution < 1.29 is 9.47 Å². The molecule has 0 aromatic heterocycles. The third-order valence-corrected chi connectivity index (χ3v) is 5.02. The standard InChI is InChI=1S/C18H27NO2/c1-12-8-15-9-17(20-3)16(10-18(15)21-12)11-19-13(2)14-6-4-5-7-14/h9-10,12-14,19H,4-8,11H2,1-3H3/t12?,13-/m0/s1. The lowest BCUT2D eigenvalue weighted by Gasteiger charge is -2.21. The highest BCUT2D eigenvalue weighted by Crippen LogP contribution is 2.35. The van der Waals surface area contributed by atoms with Crippen LogP contribution in [0.2, 0.25) is 0 Å². The Hall–Kier alpha value is -1.22. The zero-order valence-electron chi connectivity index (χ0n) is 13.4. The molecular weight excluding hydrogens is 262 g/mol. The van der Waals surface area contributed by atoms with E-state index >= 15 is 0 Å². The molecule has 2 aliphatic rings. The van der Waals surface area contributed by atoms with E-state index in [1.165, 1.54) is 36.8 Å². The van der Waals surface area contributed by atoms with Crippen molar-refractivity contribution in [3.63, 3.8) is 0 Å². The summed E-state index contributed by atoms with van der Waals surface area (Å²) in [5.74, 6) is 2.85. The van der Waals surface area contributed by atoms with Crippen molar-refractivity contribution in [2.45, 2.75) is 64.6 Å². The molecule has 3 rings (SSSR count). The average molecular weight is 289 g/mol. The highest BCUT2D eigenvalue weighted by molar-refractivity contribution is 5.48. The summed E-state index contributed by atoms with van der Waals surface area (Å²) in [4.78, 5) is 0. The fourth-order valence-corrected chi connectivity index (χ4v) is 3.70. The number of ether oxygens (including phenoxy) is 2. The van der Waals surface area contributed by atoms with Gasteiger partial charge in [0.1, 0.15) is 17.6 Å². The molecule has 1 aromatic rings. The van der Waals surface area contributed by atoms with E-state index in [0.29, 0.717) is 6.04 Å². The number of hydrogen-bond donors (Lipinski definition) is 1. The third-order valence-electron chi connectivity index (χ3n) is 5.02. The minimum atomic E-state index is 0.283. The van der Waals surface area contributed by atoms with E-state index in [0.717, 1.165) is 30.4 Å². The van der Waals surface area contributed by atoms with Crippen molar-refractivity contribution in [2.75, 3.05) is 7.11 Å². The van der Waals surface area contributed by atoms with Gasteiger partial charge in [0, 0.05) is 30.1 Å². The molecule has 0 saturated heterocycles. The van der Waals surface area contributed by atoms with Gasteiger partial charge in [0.25, 0.3) is 0 Å². The van der Waals surface area contributed by atoms with Crippen molar-refractivity contribution in [1.29, 1.82) is 0 Å². The van der Waals surface area contributed by atoms with Crippen LogP contribution in [0.15, 0.2) is 12.1 Å². The molecule has 1 aliphatic heterocycles. The quantitative estimate of drug-likeness (QED) is 0.897. The number of methoxy groups -OCH3 is 1. The molecule has 3 heteroatoms. The van der Waals surface area contributed by atoms with Gasteiger partial charge in [0.15, 0.2) is 0 Å². The number of fused-ring (bicyclic) bond motifs is 1. The molecular formula is C18H27NO2. The van der Waals surface area contributed by atoms with E-state index in [1.807, 2.05) is 0 Å². The van der Waals surface area contributed by atoms with E-state index in [1.54, 1.807) is 7.11 Å². The molecule has 3 nitrogen and oxygen atoms in total. The summed E-state index contributed by atoms with van der Waals surface area (Å²) in [6, 6.07) is 4.88. The maximum Gasteiger partial charge on any atom is 0.123 e. The van der Waals surface area contributed by atoms with Crippen LogP contribution >= 0.6 is 0 Å². The number of benzene rings is 1. The molecule has 0 radical (unpaired) electrons. The van der Waals surface area contributed by atoms with Gasteiger partial charge in [-0.05, 0) is 44.7 Å². The maximum absolute atomic E-state index is 5.87. The smallest absolute Gasteiger partial charge is 0.123 e. The predicted octanol–water partition coefficient (Wildman–Crippen LogP) is 3.69. The third kappa shape index (κ3) is 3.18. The Morgan fingerprint density at radius 1 is 1.33 bits per heavy atom. The van der Waals surface area contributed by atoms with Crippen LogP contribution in [-0.2, 0) is 13.0 Å². The molecule has 1 saturated carbocycles.